The number of rotatable bonds is 3. The first kappa shape index (κ1) is 12.0. The van der Waals surface area contributed by atoms with E-state index in [2.05, 4.69) is 32.1 Å². The number of nitrogen functional groups attached to an aromatic ring is 1. The van der Waals surface area contributed by atoms with Gasteiger partial charge in [-0.3, -0.25) is 0 Å². The van der Waals surface area contributed by atoms with Crippen LogP contribution in [-0.2, 0) is 5.75 Å². The zero-order chi connectivity index (χ0) is 13.2. The Kier molecular flexibility index (Phi) is 3.08. The fraction of sp³-hybridized carbons (Fsp3) is 0.154. The van der Waals surface area contributed by atoms with Crippen LogP contribution in [0.25, 0.3) is 11.2 Å². The molecule has 0 aliphatic heterocycles. The van der Waals surface area contributed by atoms with Crippen molar-refractivity contribution in [2.24, 2.45) is 0 Å². The minimum Gasteiger partial charge on any atom is -0.368 e. The molecule has 0 amide bonds. The Morgan fingerprint density at radius 3 is 2.74 bits per heavy atom. The highest BCUT2D eigenvalue weighted by Gasteiger charge is 2.10. The molecule has 0 saturated carbocycles. The lowest BCUT2D eigenvalue weighted by atomic mass is 10.2. The Hall–Kier alpha value is -2.08. The van der Waals surface area contributed by atoms with Crippen molar-refractivity contribution in [3.05, 3.63) is 41.7 Å². The van der Waals surface area contributed by atoms with Crippen LogP contribution in [0.1, 0.15) is 11.4 Å². The summed E-state index contributed by atoms with van der Waals surface area (Å²) in [6, 6.07) is 10.2. The van der Waals surface area contributed by atoms with Gasteiger partial charge in [0, 0.05) is 5.75 Å². The Balaban J connectivity index is 1.92. The fourth-order valence-corrected chi connectivity index (χ4v) is 2.77. The molecule has 5 nitrogen and oxygen atoms in total. The number of thioether (sulfide) groups is 1. The predicted octanol–water partition coefficient (Wildman–Crippen LogP) is 2.54. The van der Waals surface area contributed by atoms with Crippen LogP contribution in [0.2, 0.25) is 0 Å². The Morgan fingerprint density at radius 1 is 1.16 bits per heavy atom. The highest BCUT2D eigenvalue weighted by Crippen LogP contribution is 2.27. The molecule has 3 aromatic rings. The van der Waals surface area contributed by atoms with E-state index in [0.717, 1.165) is 22.1 Å². The Bertz CT molecular complexity index is 708. The van der Waals surface area contributed by atoms with Crippen LogP contribution in [0.3, 0.4) is 0 Å². The first-order valence-corrected chi connectivity index (χ1v) is 6.87. The molecule has 6 heteroatoms. The Morgan fingerprint density at radius 2 is 1.95 bits per heavy atom. The van der Waals surface area contributed by atoms with E-state index in [1.54, 1.807) is 11.8 Å². The number of hydrogen-bond donors (Lipinski definition) is 2. The highest BCUT2D eigenvalue weighted by atomic mass is 32.2. The molecule has 0 unspecified atom stereocenters. The van der Waals surface area contributed by atoms with Crippen molar-refractivity contribution in [2.45, 2.75) is 17.7 Å². The van der Waals surface area contributed by atoms with Gasteiger partial charge < -0.3 is 10.7 Å². The van der Waals surface area contributed by atoms with Gasteiger partial charge in [-0.1, -0.05) is 42.1 Å². The Labute approximate surface area is 114 Å². The minimum absolute atomic E-state index is 0.259. The molecule has 0 bridgehead atoms. The second kappa shape index (κ2) is 4.89. The van der Waals surface area contributed by atoms with E-state index >= 15 is 0 Å². The van der Waals surface area contributed by atoms with Crippen LogP contribution in [0, 0.1) is 6.92 Å². The number of H-pyrrole nitrogens is 1. The van der Waals surface area contributed by atoms with Crippen molar-refractivity contribution in [1.82, 2.24) is 19.9 Å². The molecule has 3 N–H and O–H groups in total. The lowest BCUT2D eigenvalue weighted by Gasteiger charge is -2.03. The van der Waals surface area contributed by atoms with E-state index < -0.39 is 0 Å². The van der Waals surface area contributed by atoms with Gasteiger partial charge in [0.05, 0.1) is 0 Å². The van der Waals surface area contributed by atoms with Crippen LogP contribution >= 0.6 is 11.8 Å². The number of hydrogen-bond acceptors (Lipinski definition) is 5. The number of anilines is 1. The molecule has 0 aliphatic carbocycles. The van der Waals surface area contributed by atoms with E-state index in [0.29, 0.717) is 5.65 Å². The molecule has 19 heavy (non-hydrogen) atoms. The summed E-state index contributed by atoms with van der Waals surface area (Å²) in [7, 11) is 0. The van der Waals surface area contributed by atoms with Crippen LogP contribution < -0.4 is 5.73 Å². The number of fused-ring (bicyclic) bond motifs is 1. The molecule has 2 aromatic heterocycles. The third-order valence-electron chi connectivity index (χ3n) is 2.67. The van der Waals surface area contributed by atoms with Gasteiger partial charge in [0.1, 0.15) is 16.4 Å². The van der Waals surface area contributed by atoms with E-state index in [9.17, 15) is 0 Å². The van der Waals surface area contributed by atoms with Gasteiger partial charge >= 0.3 is 0 Å². The van der Waals surface area contributed by atoms with Crippen molar-refractivity contribution in [3.8, 4) is 0 Å². The van der Waals surface area contributed by atoms with Crippen LogP contribution in [0.5, 0.6) is 0 Å². The van der Waals surface area contributed by atoms with Crippen molar-refractivity contribution in [2.75, 3.05) is 5.73 Å². The molecule has 96 valence electrons. The third kappa shape index (κ3) is 2.53. The summed E-state index contributed by atoms with van der Waals surface area (Å²) < 4.78 is 0. The van der Waals surface area contributed by atoms with E-state index in [1.165, 1.54) is 5.56 Å². The molecular formula is C13H13N5S. The molecule has 0 aliphatic rings. The normalized spacial score (nSPS) is 11.0. The van der Waals surface area contributed by atoms with Gasteiger partial charge in [-0.05, 0) is 12.5 Å². The zero-order valence-corrected chi connectivity index (χ0v) is 11.2. The average molecular weight is 271 g/mol. The van der Waals surface area contributed by atoms with Gasteiger partial charge in [0.25, 0.3) is 0 Å². The summed E-state index contributed by atoms with van der Waals surface area (Å²) in [5, 5.41) is 0.840. The number of aromatic amines is 1. The second-order valence-electron chi connectivity index (χ2n) is 4.18. The summed E-state index contributed by atoms with van der Waals surface area (Å²) in [5.41, 5.74) is 8.44. The maximum atomic E-state index is 5.71. The highest BCUT2D eigenvalue weighted by molar-refractivity contribution is 7.98. The third-order valence-corrected chi connectivity index (χ3v) is 3.72. The molecule has 0 fully saturated rings. The summed E-state index contributed by atoms with van der Waals surface area (Å²) in [6.07, 6.45) is 0. The maximum absolute atomic E-state index is 5.71. The monoisotopic (exact) mass is 271 g/mol. The lowest BCUT2D eigenvalue weighted by molar-refractivity contribution is 1.10. The molecule has 0 spiro atoms. The van der Waals surface area contributed by atoms with E-state index in [-0.39, 0.29) is 5.95 Å². The van der Waals surface area contributed by atoms with Gasteiger partial charge in [0.15, 0.2) is 5.65 Å². The largest absolute Gasteiger partial charge is 0.368 e. The molecule has 2 heterocycles. The molecule has 0 atom stereocenters. The van der Waals surface area contributed by atoms with Crippen LogP contribution in [0.4, 0.5) is 5.95 Å². The molecule has 3 rings (SSSR count). The average Bonchev–Trinajstić information content (AvgIpc) is 2.77. The standard InChI is InChI=1S/C13H13N5S/c1-8-15-10-11(16-8)17-13(14)18-12(10)19-7-9-5-3-2-4-6-9/h2-6H,7H2,1H3,(H3,14,15,16,17,18). The lowest BCUT2D eigenvalue weighted by Crippen LogP contribution is -1.97. The van der Waals surface area contributed by atoms with Gasteiger partial charge in [-0.25, -0.2) is 9.97 Å². The molecular weight excluding hydrogens is 258 g/mol. The second-order valence-corrected chi connectivity index (χ2v) is 5.15. The summed E-state index contributed by atoms with van der Waals surface area (Å²) >= 11 is 1.63. The van der Waals surface area contributed by atoms with Crippen molar-refractivity contribution in [3.63, 3.8) is 0 Å². The van der Waals surface area contributed by atoms with Gasteiger partial charge in [-0.2, -0.15) is 4.98 Å². The number of nitrogens with zero attached hydrogens (tertiary/aromatic N) is 3. The SMILES string of the molecule is Cc1nc2nc(N)nc(SCc3ccccc3)c2[nH]1. The maximum Gasteiger partial charge on any atom is 0.223 e. The number of aromatic nitrogens is 4. The fourth-order valence-electron chi connectivity index (χ4n) is 1.83. The topological polar surface area (TPSA) is 80.5 Å². The summed E-state index contributed by atoms with van der Waals surface area (Å²) in [4.78, 5) is 15.9. The van der Waals surface area contributed by atoms with Crippen LogP contribution in [-0.4, -0.2) is 19.9 Å². The predicted molar refractivity (Wildman–Crippen MR) is 76.8 cm³/mol. The number of benzene rings is 1. The van der Waals surface area contributed by atoms with Gasteiger partial charge in [0.2, 0.25) is 5.95 Å². The van der Waals surface area contributed by atoms with Crippen molar-refractivity contribution < 1.29 is 0 Å². The summed E-state index contributed by atoms with van der Waals surface area (Å²) in [6.45, 7) is 1.89. The number of imidazole rings is 1. The molecule has 0 saturated heterocycles. The summed E-state index contributed by atoms with van der Waals surface area (Å²) in [5.74, 6) is 1.91. The van der Waals surface area contributed by atoms with E-state index in [1.807, 2.05) is 25.1 Å². The zero-order valence-electron chi connectivity index (χ0n) is 10.4. The number of nitrogens with one attached hydrogen (secondary N) is 1. The number of aryl methyl sites for hydroxylation is 1. The van der Waals surface area contributed by atoms with Crippen LogP contribution in [0.15, 0.2) is 35.4 Å². The van der Waals surface area contributed by atoms with Crippen molar-refractivity contribution >= 4 is 28.9 Å². The quantitative estimate of drug-likeness (QED) is 0.565. The van der Waals surface area contributed by atoms with Gasteiger partial charge in [-0.15, -0.1) is 0 Å². The smallest absolute Gasteiger partial charge is 0.223 e. The first-order chi connectivity index (χ1) is 9.22. The molecule has 1 aromatic carbocycles. The minimum atomic E-state index is 0.259. The number of nitrogens with two attached hydrogens (primary N) is 1. The van der Waals surface area contributed by atoms with Crippen molar-refractivity contribution in [1.29, 1.82) is 0 Å². The first-order valence-electron chi connectivity index (χ1n) is 5.89. The molecule has 0 radical (unpaired) electrons. The van der Waals surface area contributed by atoms with E-state index in [4.69, 9.17) is 5.73 Å².